The molecule has 0 unspecified atom stereocenters. The standard InChI is InChI=1S/C11H13FN2O2/c1-11(2,8-13-15)14(16)7-9-3-5-10(12)6-4-9/h3-8,15H,1-2H3/b13-8+,14-7-. The summed E-state index contributed by atoms with van der Waals surface area (Å²) in [5.41, 5.74) is -0.376. The van der Waals surface area contributed by atoms with Gasteiger partial charge in [0.25, 0.3) is 0 Å². The fraction of sp³-hybridized carbons (Fsp3) is 0.273. The number of nitrogens with zero attached hydrogens (tertiary/aromatic N) is 2. The quantitative estimate of drug-likeness (QED) is 0.280. The molecule has 0 bridgehead atoms. The second kappa shape index (κ2) is 4.74. The summed E-state index contributed by atoms with van der Waals surface area (Å²) in [6.45, 7) is 3.19. The summed E-state index contributed by atoms with van der Waals surface area (Å²) < 4.78 is 13.3. The van der Waals surface area contributed by atoms with Crippen molar-refractivity contribution >= 4 is 12.4 Å². The van der Waals surface area contributed by atoms with Crippen LogP contribution < -0.4 is 0 Å². The van der Waals surface area contributed by atoms with Gasteiger partial charge in [0.15, 0.2) is 6.21 Å². The van der Waals surface area contributed by atoms with Crippen molar-refractivity contribution in [1.29, 1.82) is 0 Å². The van der Waals surface area contributed by atoms with Crippen molar-refractivity contribution in [2.75, 3.05) is 0 Å². The maximum atomic E-state index is 12.6. The first-order chi connectivity index (χ1) is 7.45. The Kier molecular flexibility index (Phi) is 3.60. The van der Waals surface area contributed by atoms with Crippen molar-refractivity contribution in [3.8, 4) is 0 Å². The fourth-order valence-electron chi connectivity index (χ4n) is 1.05. The number of oxime groups is 1. The van der Waals surface area contributed by atoms with E-state index < -0.39 is 5.54 Å². The van der Waals surface area contributed by atoms with Gasteiger partial charge in [-0.15, -0.1) is 0 Å². The molecule has 0 atom stereocenters. The van der Waals surface area contributed by atoms with E-state index in [0.29, 0.717) is 10.3 Å². The molecule has 0 saturated heterocycles. The van der Waals surface area contributed by atoms with Crippen molar-refractivity contribution in [2.24, 2.45) is 5.16 Å². The Bertz CT molecular complexity index is 410. The minimum Gasteiger partial charge on any atom is -0.623 e. The van der Waals surface area contributed by atoms with E-state index in [0.717, 1.165) is 6.21 Å². The molecule has 0 aliphatic rings. The highest BCUT2D eigenvalue weighted by molar-refractivity contribution is 5.77. The molecule has 0 aliphatic heterocycles. The molecule has 0 heterocycles. The minimum absolute atomic E-state index is 0.356. The van der Waals surface area contributed by atoms with E-state index in [9.17, 15) is 9.60 Å². The van der Waals surface area contributed by atoms with Crippen molar-refractivity contribution < 1.29 is 14.3 Å². The Balaban J connectivity index is 2.96. The van der Waals surface area contributed by atoms with Crippen LogP contribution in [-0.4, -0.2) is 27.9 Å². The lowest BCUT2D eigenvalue weighted by atomic mass is 10.1. The molecule has 4 nitrogen and oxygen atoms in total. The number of rotatable bonds is 3. The highest BCUT2D eigenvalue weighted by Gasteiger charge is 2.23. The Morgan fingerprint density at radius 3 is 2.44 bits per heavy atom. The van der Waals surface area contributed by atoms with Crippen molar-refractivity contribution in [3.05, 3.63) is 40.9 Å². The SMILES string of the molecule is CC(C)(/C=N/O)/[N+]([O-])=C/c1ccc(F)cc1. The summed E-state index contributed by atoms with van der Waals surface area (Å²) in [5, 5.41) is 22.9. The lowest BCUT2D eigenvalue weighted by Crippen LogP contribution is -2.35. The molecular weight excluding hydrogens is 211 g/mol. The van der Waals surface area contributed by atoms with E-state index in [1.807, 2.05) is 0 Å². The summed E-state index contributed by atoms with van der Waals surface area (Å²) >= 11 is 0. The highest BCUT2D eigenvalue weighted by Crippen LogP contribution is 2.06. The maximum Gasteiger partial charge on any atom is 0.205 e. The van der Waals surface area contributed by atoms with Crippen molar-refractivity contribution in [2.45, 2.75) is 19.4 Å². The van der Waals surface area contributed by atoms with Gasteiger partial charge in [-0.3, -0.25) is 0 Å². The van der Waals surface area contributed by atoms with Crippen LogP contribution in [0.5, 0.6) is 0 Å². The van der Waals surface area contributed by atoms with Gasteiger partial charge in [0.1, 0.15) is 12.0 Å². The topological polar surface area (TPSA) is 58.7 Å². The molecule has 1 aromatic rings. The van der Waals surface area contributed by atoms with Gasteiger partial charge in [-0.05, 0) is 24.3 Å². The molecular formula is C11H13FN2O2. The number of halogens is 1. The van der Waals surface area contributed by atoms with E-state index in [1.54, 1.807) is 13.8 Å². The third kappa shape index (κ3) is 3.05. The van der Waals surface area contributed by atoms with E-state index in [4.69, 9.17) is 5.21 Å². The average Bonchev–Trinajstić information content (AvgIpc) is 2.21. The van der Waals surface area contributed by atoms with Gasteiger partial charge in [0, 0.05) is 19.4 Å². The number of benzene rings is 1. The van der Waals surface area contributed by atoms with E-state index in [2.05, 4.69) is 5.16 Å². The number of hydrogen-bond acceptors (Lipinski definition) is 3. The van der Waals surface area contributed by atoms with Crippen LogP contribution in [0.3, 0.4) is 0 Å². The molecule has 0 amide bonds. The third-order valence-corrected chi connectivity index (χ3v) is 2.08. The first kappa shape index (κ1) is 12.2. The Morgan fingerprint density at radius 2 is 1.94 bits per heavy atom. The Hall–Kier alpha value is -1.91. The van der Waals surface area contributed by atoms with Crippen LogP contribution in [0.15, 0.2) is 29.4 Å². The summed E-state index contributed by atoms with van der Waals surface area (Å²) in [5.74, 6) is -0.356. The average molecular weight is 224 g/mol. The lowest BCUT2D eigenvalue weighted by Gasteiger charge is -2.18. The summed E-state index contributed by atoms with van der Waals surface area (Å²) in [6, 6.07) is 5.53. The predicted octanol–water partition coefficient (Wildman–Crippen LogP) is 1.99. The van der Waals surface area contributed by atoms with Gasteiger partial charge in [0.2, 0.25) is 5.54 Å². The van der Waals surface area contributed by atoms with E-state index >= 15 is 0 Å². The van der Waals surface area contributed by atoms with E-state index in [-0.39, 0.29) is 5.82 Å². The molecule has 1 rings (SSSR count). The smallest absolute Gasteiger partial charge is 0.205 e. The third-order valence-electron chi connectivity index (χ3n) is 2.08. The van der Waals surface area contributed by atoms with Gasteiger partial charge in [-0.1, -0.05) is 5.16 Å². The molecule has 0 aliphatic carbocycles. The Labute approximate surface area is 92.9 Å². The van der Waals surface area contributed by atoms with Crippen LogP contribution in [0.4, 0.5) is 4.39 Å². The highest BCUT2D eigenvalue weighted by atomic mass is 19.1. The second-order valence-electron chi connectivity index (χ2n) is 3.90. The van der Waals surface area contributed by atoms with Gasteiger partial charge in [-0.25, -0.2) is 9.13 Å². The molecule has 0 saturated carbocycles. The van der Waals surface area contributed by atoms with Gasteiger partial charge >= 0.3 is 0 Å². The molecule has 5 heteroatoms. The number of hydrogen-bond donors (Lipinski definition) is 1. The van der Waals surface area contributed by atoms with Crippen molar-refractivity contribution in [3.63, 3.8) is 0 Å². The van der Waals surface area contributed by atoms with Gasteiger partial charge < -0.3 is 10.4 Å². The molecule has 1 aromatic carbocycles. The summed E-state index contributed by atoms with van der Waals surface area (Å²) in [6.07, 6.45) is 2.43. The molecule has 16 heavy (non-hydrogen) atoms. The Morgan fingerprint density at radius 1 is 1.38 bits per heavy atom. The molecule has 0 radical (unpaired) electrons. The lowest BCUT2D eigenvalue weighted by molar-refractivity contribution is -0.511. The zero-order valence-electron chi connectivity index (χ0n) is 9.09. The van der Waals surface area contributed by atoms with Crippen LogP contribution in [-0.2, 0) is 0 Å². The van der Waals surface area contributed by atoms with Crippen LogP contribution in [0.25, 0.3) is 0 Å². The normalized spacial score (nSPS) is 13.3. The molecule has 0 fully saturated rings. The van der Waals surface area contributed by atoms with Gasteiger partial charge in [-0.2, -0.15) is 0 Å². The van der Waals surface area contributed by atoms with Gasteiger partial charge in [0.05, 0.1) is 0 Å². The predicted molar refractivity (Wildman–Crippen MR) is 59.6 cm³/mol. The van der Waals surface area contributed by atoms with E-state index in [1.165, 1.54) is 30.5 Å². The van der Waals surface area contributed by atoms with Crippen LogP contribution >= 0.6 is 0 Å². The van der Waals surface area contributed by atoms with Crippen LogP contribution in [0, 0.1) is 11.0 Å². The maximum absolute atomic E-state index is 12.6. The molecule has 1 N–H and O–H groups in total. The monoisotopic (exact) mass is 224 g/mol. The molecule has 0 aromatic heterocycles. The minimum atomic E-state index is -0.955. The zero-order chi connectivity index (χ0) is 12.2. The first-order valence-corrected chi connectivity index (χ1v) is 4.71. The van der Waals surface area contributed by atoms with Crippen LogP contribution in [0.2, 0.25) is 0 Å². The molecule has 0 spiro atoms. The summed E-state index contributed by atoms with van der Waals surface area (Å²) in [4.78, 5) is 0. The zero-order valence-corrected chi connectivity index (χ0v) is 9.09. The molecule has 86 valence electrons. The fourth-order valence-corrected chi connectivity index (χ4v) is 1.05. The second-order valence-corrected chi connectivity index (χ2v) is 3.90. The number of hydroxylamine groups is 1. The largest absolute Gasteiger partial charge is 0.623 e. The summed E-state index contributed by atoms with van der Waals surface area (Å²) in [7, 11) is 0. The first-order valence-electron chi connectivity index (χ1n) is 4.71. The van der Waals surface area contributed by atoms with Crippen molar-refractivity contribution in [1.82, 2.24) is 0 Å². The van der Waals surface area contributed by atoms with Crippen LogP contribution in [0.1, 0.15) is 19.4 Å².